The number of halogens is 3. The Balaban J connectivity index is 2.54. The highest BCUT2D eigenvalue weighted by atomic mass is 19.4. The highest BCUT2D eigenvalue weighted by Gasteiger charge is 2.40. The van der Waals surface area contributed by atoms with Crippen LogP contribution in [0.1, 0.15) is 10.5 Å². The summed E-state index contributed by atoms with van der Waals surface area (Å²) in [7, 11) is 0. The number of aromatic carboxylic acids is 1. The van der Waals surface area contributed by atoms with Crippen molar-refractivity contribution in [1.82, 2.24) is 15.0 Å². The third-order valence-electron chi connectivity index (χ3n) is 2.14. The van der Waals surface area contributed by atoms with Crippen molar-refractivity contribution < 1.29 is 27.9 Å². The van der Waals surface area contributed by atoms with E-state index in [0.717, 1.165) is 6.20 Å². The minimum atomic E-state index is -5.14. The summed E-state index contributed by atoms with van der Waals surface area (Å²) in [5.74, 6) is -3.83. The number of alkyl halides is 3. The maximum absolute atomic E-state index is 12.2. The number of hydrogen-bond donors (Lipinski definition) is 3. The van der Waals surface area contributed by atoms with Crippen molar-refractivity contribution >= 4 is 28.7 Å². The molecule has 0 saturated heterocycles. The van der Waals surface area contributed by atoms with E-state index in [1.54, 1.807) is 0 Å². The van der Waals surface area contributed by atoms with Crippen LogP contribution < -0.4 is 5.32 Å². The Kier molecular flexibility index (Phi) is 2.85. The number of anilines is 1. The summed E-state index contributed by atoms with van der Waals surface area (Å²) in [6.45, 7) is 0. The molecule has 2 heterocycles. The van der Waals surface area contributed by atoms with Crippen LogP contribution in [0.2, 0.25) is 0 Å². The van der Waals surface area contributed by atoms with Gasteiger partial charge in [0.2, 0.25) is 0 Å². The van der Waals surface area contributed by atoms with E-state index in [2.05, 4.69) is 15.0 Å². The first-order valence-corrected chi connectivity index (χ1v) is 4.75. The number of amides is 1. The fraction of sp³-hybridized carbons (Fsp3) is 0.111. The van der Waals surface area contributed by atoms with Gasteiger partial charge in [0.1, 0.15) is 11.2 Å². The molecule has 0 aromatic carbocycles. The van der Waals surface area contributed by atoms with Gasteiger partial charge in [-0.05, 0) is 0 Å². The van der Waals surface area contributed by atoms with Gasteiger partial charge in [-0.3, -0.25) is 4.79 Å². The number of hydrogen-bond acceptors (Lipinski definition) is 4. The lowest BCUT2D eigenvalue weighted by atomic mass is 10.3. The monoisotopic (exact) mass is 274 g/mol. The van der Waals surface area contributed by atoms with Crippen LogP contribution in [0.4, 0.5) is 18.9 Å². The van der Waals surface area contributed by atoms with Gasteiger partial charge in [0.05, 0.1) is 0 Å². The molecule has 2 aromatic rings. The number of carbonyl (C=O) groups is 2. The second kappa shape index (κ2) is 4.23. The Labute approximate surface area is 102 Å². The van der Waals surface area contributed by atoms with E-state index < -0.39 is 29.4 Å². The number of carbonyl (C=O) groups excluding carboxylic acids is 1. The van der Waals surface area contributed by atoms with Crippen molar-refractivity contribution in [2.75, 3.05) is 5.32 Å². The zero-order valence-electron chi connectivity index (χ0n) is 8.95. The van der Waals surface area contributed by atoms with E-state index in [9.17, 15) is 22.8 Å². The van der Waals surface area contributed by atoms with E-state index >= 15 is 0 Å². The molecule has 2 rings (SSSR count). The molecule has 10 heteroatoms. The van der Waals surface area contributed by atoms with Gasteiger partial charge in [0, 0.05) is 12.4 Å². The second-order valence-electron chi connectivity index (χ2n) is 3.39. The summed E-state index contributed by atoms with van der Waals surface area (Å²) < 4.78 is 36.5. The van der Waals surface area contributed by atoms with Gasteiger partial charge in [-0.15, -0.1) is 0 Å². The van der Waals surface area contributed by atoms with Crippen LogP contribution in [-0.2, 0) is 4.79 Å². The molecule has 0 bridgehead atoms. The summed E-state index contributed by atoms with van der Waals surface area (Å²) in [4.78, 5) is 31.4. The predicted octanol–water partition coefficient (Wildman–Crippen LogP) is 1.16. The number of H-pyrrole nitrogens is 1. The lowest BCUT2D eigenvalue weighted by Gasteiger charge is -2.07. The first-order chi connectivity index (χ1) is 8.80. The van der Waals surface area contributed by atoms with Gasteiger partial charge in [-0.2, -0.15) is 13.2 Å². The molecule has 0 spiro atoms. The van der Waals surface area contributed by atoms with E-state index in [-0.39, 0.29) is 11.2 Å². The maximum atomic E-state index is 12.2. The number of carboxylic acid groups (broad SMARTS) is 1. The molecule has 0 fully saturated rings. The van der Waals surface area contributed by atoms with Gasteiger partial charge in [-0.1, -0.05) is 0 Å². The fourth-order valence-corrected chi connectivity index (χ4v) is 1.38. The zero-order chi connectivity index (χ0) is 14.2. The van der Waals surface area contributed by atoms with Crippen molar-refractivity contribution in [3.63, 3.8) is 0 Å². The van der Waals surface area contributed by atoms with Gasteiger partial charge in [-0.25, -0.2) is 14.8 Å². The summed E-state index contributed by atoms with van der Waals surface area (Å²) >= 11 is 0. The van der Waals surface area contributed by atoms with Crippen LogP contribution in [0.15, 0.2) is 12.4 Å². The first-order valence-electron chi connectivity index (χ1n) is 4.75. The molecular formula is C9H5F3N4O3. The van der Waals surface area contributed by atoms with Gasteiger partial charge in [0.15, 0.2) is 11.3 Å². The Morgan fingerprint density at radius 2 is 1.89 bits per heavy atom. The van der Waals surface area contributed by atoms with Gasteiger partial charge >= 0.3 is 18.1 Å². The predicted molar refractivity (Wildman–Crippen MR) is 55.5 cm³/mol. The molecule has 2 aromatic heterocycles. The number of nitrogens with one attached hydrogen (secondary N) is 2. The minimum Gasteiger partial charge on any atom is -0.477 e. The number of carboxylic acids is 1. The lowest BCUT2D eigenvalue weighted by molar-refractivity contribution is -0.167. The van der Waals surface area contributed by atoms with Crippen LogP contribution in [0.3, 0.4) is 0 Å². The molecule has 19 heavy (non-hydrogen) atoms. The summed E-state index contributed by atoms with van der Waals surface area (Å²) in [6, 6.07) is 0. The standard InChI is InChI=1S/C9H5F3N4O3/c10-9(11,12)8(19)16-3-4-6(14-2-1-13-4)15-5(3)7(17)18/h1-2H,(H,14,15)(H,16,19)(H,17,18). The molecule has 0 aliphatic heterocycles. The molecule has 0 saturated carbocycles. The van der Waals surface area contributed by atoms with Crippen molar-refractivity contribution in [2.24, 2.45) is 0 Å². The van der Waals surface area contributed by atoms with Crippen LogP contribution >= 0.6 is 0 Å². The highest BCUT2D eigenvalue weighted by Crippen LogP contribution is 2.26. The number of fused-ring (bicyclic) bond motifs is 1. The second-order valence-corrected chi connectivity index (χ2v) is 3.39. The fourth-order valence-electron chi connectivity index (χ4n) is 1.38. The van der Waals surface area contributed by atoms with E-state index in [1.807, 2.05) is 0 Å². The first kappa shape index (κ1) is 12.8. The Morgan fingerprint density at radius 3 is 2.47 bits per heavy atom. The largest absolute Gasteiger partial charge is 0.477 e. The Hall–Kier alpha value is -2.65. The molecule has 0 aliphatic rings. The smallest absolute Gasteiger partial charge is 0.471 e. The van der Waals surface area contributed by atoms with Crippen LogP contribution in [0.5, 0.6) is 0 Å². The molecule has 0 radical (unpaired) electrons. The third kappa shape index (κ3) is 2.32. The average Bonchev–Trinajstić information content (AvgIpc) is 2.67. The molecule has 7 nitrogen and oxygen atoms in total. The van der Waals surface area contributed by atoms with Crippen molar-refractivity contribution in [3.05, 3.63) is 18.1 Å². The zero-order valence-corrected chi connectivity index (χ0v) is 8.95. The third-order valence-corrected chi connectivity index (χ3v) is 2.14. The topological polar surface area (TPSA) is 108 Å². The molecular weight excluding hydrogens is 269 g/mol. The van der Waals surface area contributed by atoms with Gasteiger partial charge < -0.3 is 15.4 Å². The molecule has 100 valence electrons. The molecule has 0 atom stereocenters. The number of aromatic nitrogens is 3. The van der Waals surface area contributed by atoms with E-state index in [4.69, 9.17) is 5.11 Å². The van der Waals surface area contributed by atoms with Crippen molar-refractivity contribution in [2.45, 2.75) is 6.18 Å². The Bertz CT molecular complexity index is 664. The van der Waals surface area contributed by atoms with Crippen molar-refractivity contribution in [1.29, 1.82) is 0 Å². The molecule has 1 amide bonds. The Morgan fingerprint density at radius 1 is 1.26 bits per heavy atom. The summed E-state index contributed by atoms with van der Waals surface area (Å²) in [5, 5.41) is 10.3. The van der Waals surface area contributed by atoms with Gasteiger partial charge in [0.25, 0.3) is 0 Å². The normalized spacial score (nSPS) is 11.5. The maximum Gasteiger partial charge on any atom is 0.471 e. The minimum absolute atomic E-state index is 0.0441. The highest BCUT2D eigenvalue weighted by molar-refractivity contribution is 6.09. The molecule has 0 unspecified atom stereocenters. The quantitative estimate of drug-likeness (QED) is 0.761. The number of nitrogens with zero attached hydrogens (tertiary/aromatic N) is 2. The number of aromatic amines is 1. The van der Waals surface area contributed by atoms with Crippen LogP contribution in [0.25, 0.3) is 11.2 Å². The molecule has 3 N–H and O–H groups in total. The molecule has 0 aliphatic carbocycles. The average molecular weight is 274 g/mol. The van der Waals surface area contributed by atoms with Crippen molar-refractivity contribution in [3.8, 4) is 0 Å². The SMILES string of the molecule is O=C(O)c1[nH]c2nccnc2c1NC(=O)C(F)(F)F. The van der Waals surface area contributed by atoms with E-state index in [1.165, 1.54) is 11.5 Å². The van der Waals surface area contributed by atoms with Crippen LogP contribution in [-0.4, -0.2) is 38.1 Å². The van der Waals surface area contributed by atoms with E-state index in [0.29, 0.717) is 0 Å². The van der Waals surface area contributed by atoms with Crippen LogP contribution in [0, 0.1) is 0 Å². The summed E-state index contributed by atoms with van der Waals surface area (Å²) in [6.07, 6.45) is -2.76. The summed E-state index contributed by atoms with van der Waals surface area (Å²) in [5.41, 5.74) is -1.41. The number of rotatable bonds is 2. The lowest BCUT2D eigenvalue weighted by Crippen LogP contribution is -2.30.